The fraction of sp³-hybridized carbons (Fsp3) is 0.182. The number of benzene rings is 1. The number of pyridine rings is 1. The van der Waals surface area contributed by atoms with Gasteiger partial charge in [0.15, 0.2) is 10.8 Å². The quantitative estimate of drug-likeness (QED) is 0.378. The van der Waals surface area contributed by atoms with Crippen molar-refractivity contribution in [3.05, 3.63) is 64.2 Å². The van der Waals surface area contributed by atoms with Gasteiger partial charge in [0, 0.05) is 11.5 Å². The lowest BCUT2D eigenvalue weighted by molar-refractivity contribution is 0.842. The second kappa shape index (κ2) is 7.30. The van der Waals surface area contributed by atoms with E-state index >= 15 is 0 Å². The number of aryl methyl sites for hydroxylation is 4. The predicted octanol–water partition coefficient (Wildman–Crippen LogP) is 5.98. The molecule has 0 bridgehead atoms. The molecule has 0 spiro atoms. The molecule has 5 rings (SSSR count). The summed E-state index contributed by atoms with van der Waals surface area (Å²) in [5, 5.41) is 21.5. The normalized spacial score (nSPS) is 11.3. The van der Waals surface area contributed by atoms with E-state index in [1.54, 1.807) is 11.3 Å². The van der Waals surface area contributed by atoms with Crippen LogP contribution >= 0.6 is 22.7 Å². The van der Waals surface area contributed by atoms with Crippen molar-refractivity contribution in [2.45, 2.75) is 27.7 Å². The predicted molar refractivity (Wildman–Crippen MR) is 124 cm³/mol. The Balaban J connectivity index is 1.55. The van der Waals surface area contributed by atoms with Gasteiger partial charge in [0.25, 0.3) is 0 Å². The molecule has 0 aliphatic heterocycles. The maximum absolute atomic E-state index is 4.94. The highest BCUT2D eigenvalue weighted by Crippen LogP contribution is 2.32. The van der Waals surface area contributed by atoms with E-state index in [1.807, 2.05) is 29.1 Å². The third-order valence-electron chi connectivity index (χ3n) is 4.88. The largest absolute Gasteiger partial charge is 0.315 e. The fourth-order valence-corrected chi connectivity index (χ4v) is 5.12. The van der Waals surface area contributed by atoms with Crippen LogP contribution in [0.3, 0.4) is 0 Å². The number of aromatic nitrogens is 5. The SMILES string of the molecule is Cc1cc(C)c2nc(-n3nc(C)cc3Nc3nnc(-c4cccs4)s3)cc(C)c2c1. The van der Waals surface area contributed by atoms with Crippen LogP contribution in [0.1, 0.15) is 22.4 Å². The minimum absolute atomic E-state index is 0.726. The summed E-state index contributed by atoms with van der Waals surface area (Å²) < 4.78 is 1.84. The van der Waals surface area contributed by atoms with Crippen LogP contribution in [0.2, 0.25) is 0 Å². The molecule has 0 atom stereocenters. The Hall–Kier alpha value is -3.10. The Morgan fingerprint density at radius 2 is 1.83 bits per heavy atom. The van der Waals surface area contributed by atoms with Crippen molar-refractivity contribution in [1.82, 2.24) is 25.0 Å². The highest BCUT2D eigenvalue weighted by Gasteiger charge is 2.15. The number of nitrogens with one attached hydrogen (secondary N) is 1. The number of fused-ring (bicyclic) bond motifs is 1. The molecule has 0 aliphatic rings. The van der Waals surface area contributed by atoms with Crippen LogP contribution in [0.4, 0.5) is 10.9 Å². The Kier molecular flexibility index (Phi) is 4.60. The Morgan fingerprint density at radius 3 is 2.63 bits per heavy atom. The van der Waals surface area contributed by atoms with Gasteiger partial charge in [-0.15, -0.1) is 21.5 Å². The van der Waals surface area contributed by atoms with Crippen LogP contribution in [-0.4, -0.2) is 25.0 Å². The smallest absolute Gasteiger partial charge is 0.211 e. The fourth-order valence-electron chi connectivity index (χ4n) is 3.58. The number of nitrogens with zero attached hydrogens (tertiary/aromatic N) is 5. The first-order chi connectivity index (χ1) is 14.5. The molecule has 0 amide bonds. The first-order valence-electron chi connectivity index (χ1n) is 9.58. The van der Waals surface area contributed by atoms with Gasteiger partial charge in [0.2, 0.25) is 5.13 Å². The van der Waals surface area contributed by atoms with Crippen molar-refractivity contribution in [1.29, 1.82) is 0 Å². The molecule has 0 unspecified atom stereocenters. The Labute approximate surface area is 182 Å². The molecule has 0 radical (unpaired) electrons. The van der Waals surface area contributed by atoms with E-state index in [2.05, 4.69) is 65.6 Å². The molecule has 0 saturated carbocycles. The molecule has 0 aliphatic carbocycles. The highest BCUT2D eigenvalue weighted by molar-refractivity contribution is 7.22. The summed E-state index contributed by atoms with van der Waals surface area (Å²) in [6.45, 7) is 8.31. The van der Waals surface area contributed by atoms with Gasteiger partial charge in [-0.25, -0.2) is 4.98 Å². The van der Waals surface area contributed by atoms with Crippen molar-refractivity contribution >= 4 is 44.5 Å². The molecule has 30 heavy (non-hydrogen) atoms. The van der Waals surface area contributed by atoms with Gasteiger partial charge < -0.3 is 5.32 Å². The molecular weight excluding hydrogens is 412 g/mol. The van der Waals surface area contributed by atoms with Gasteiger partial charge in [-0.3, -0.25) is 0 Å². The van der Waals surface area contributed by atoms with Crippen molar-refractivity contribution in [3.8, 4) is 15.7 Å². The van der Waals surface area contributed by atoms with E-state index in [9.17, 15) is 0 Å². The van der Waals surface area contributed by atoms with Crippen molar-refractivity contribution in [2.24, 2.45) is 0 Å². The second-order valence-corrected chi connectivity index (χ2v) is 9.30. The molecule has 1 N–H and O–H groups in total. The van der Waals surface area contributed by atoms with Crippen molar-refractivity contribution in [3.63, 3.8) is 0 Å². The number of thiophene rings is 1. The first-order valence-corrected chi connectivity index (χ1v) is 11.3. The lowest BCUT2D eigenvalue weighted by atomic mass is 10.0. The molecule has 5 aromatic rings. The molecule has 1 aromatic carbocycles. The molecular formula is C22H20N6S2. The van der Waals surface area contributed by atoms with Crippen LogP contribution in [0, 0.1) is 27.7 Å². The van der Waals surface area contributed by atoms with E-state index in [1.165, 1.54) is 27.8 Å². The third kappa shape index (κ3) is 3.38. The summed E-state index contributed by atoms with van der Waals surface area (Å²) in [7, 11) is 0. The van der Waals surface area contributed by atoms with Gasteiger partial charge in [-0.1, -0.05) is 29.0 Å². The lowest BCUT2D eigenvalue weighted by Gasteiger charge is -2.12. The van der Waals surface area contributed by atoms with Crippen LogP contribution in [-0.2, 0) is 0 Å². The van der Waals surface area contributed by atoms with Gasteiger partial charge in [0.05, 0.1) is 16.1 Å². The zero-order chi connectivity index (χ0) is 20.8. The van der Waals surface area contributed by atoms with Gasteiger partial charge in [-0.05, 0) is 62.4 Å². The number of hydrogen-bond donors (Lipinski definition) is 1. The summed E-state index contributed by atoms with van der Waals surface area (Å²) in [6.07, 6.45) is 0. The molecule has 6 nitrogen and oxygen atoms in total. The topological polar surface area (TPSA) is 68.5 Å². The molecule has 4 aromatic heterocycles. The minimum atomic E-state index is 0.726. The zero-order valence-electron chi connectivity index (χ0n) is 17.1. The van der Waals surface area contributed by atoms with Gasteiger partial charge in [-0.2, -0.15) is 9.78 Å². The second-order valence-electron chi connectivity index (χ2n) is 7.37. The maximum Gasteiger partial charge on any atom is 0.211 e. The summed E-state index contributed by atoms with van der Waals surface area (Å²) in [6, 6.07) is 12.5. The highest BCUT2D eigenvalue weighted by atomic mass is 32.1. The average Bonchev–Trinajstić information content (AvgIpc) is 3.44. The molecule has 0 saturated heterocycles. The first kappa shape index (κ1) is 18.9. The summed E-state index contributed by atoms with van der Waals surface area (Å²) in [5.74, 6) is 1.60. The van der Waals surface area contributed by atoms with E-state index in [0.717, 1.165) is 43.4 Å². The number of rotatable bonds is 4. The minimum Gasteiger partial charge on any atom is -0.315 e. The standard InChI is InChI=1S/C22H20N6S2/c1-12-8-14(3)20-16(9-12)13(2)10-18(23-20)28-19(11-15(4)27-28)24-22-26-25-21(30-22)17-6-5-7-29-17/h5-11H,1-4H3,(H,24,26). The number of anilines is 2. The Morgan fingerprint density at radius 1 is 0.967 bits per heavy atom. The van der Waals surface area contributed by atoms with E-state index in [0.29, 0.717) is 0 Å². The molecule has 150 valence electrons. The number of hydrogen-bond acceptors (Lipinski definition) is 7. The zero-order valence-corrected chi connectivity index (χ0v) is 18.7. The van der Waals surface area contributed by atoms with Crippen LogP contribution in [0.15, 0.2) is 41.8 Å². The van der Waals surface area contributed by atoms with E-state index in [-0.39, 0.29) is 0 Å². The van der Waals surface area contributed by atoms with Crippen LogP contribution in [0.5, 0.6) is 0 Å². The third-order valence-corrected chi connectivity index (χ3v) is 6.76. The maximum atomic E-state index is 4.94. The lowest BCUT2D eigenvalue weighted by Crippen LogP contribution is -2.06. The van der Waals surface area contributed by atoms with Crippen LogP contribution < -0.4 is 5.32 Å². The van der Waals surface area contributed by atoms with E-state index in [4.69, 9.17) is 4.98 Å². The van der Waals surface area contributed by atoms with Gasteiger partial charge in [0.1, 0.15) is 5.82 Å². The van der Waals surface area contributed by atoms with Crippen LogP contribution in [0.25, 0.3) is 26.6 Å². The van der Waals surface area contributed by atoms with Crippen molar-refractivity contribution < 1.29 is 0 Å². The summed E-state index contributed by atoms with van der Waals surface area (Å²) >= 11 is 3.18. The monoisotopic (exact) mass is 432 g/mol. The average molecular weight is 433 g/mol. The van der Waals surface area contributed by atoms with Crippen molar-refractivity contribution in [2.75, 3.05) is 5.32 Å². The van der Waals surface area contributed by atoms with E-state index < -0.39 is 0 Å². The summed E-state index contributed by atoms with van der Waals surface area (Å²) in [5.41, 5.74) is 5.49. The van der Waals surface area contributed by atoms with Gasteiger partial charge >= 0.3 is 0 Å². The Bertz CT molecular complexity index is 1360. The molecule has 4 heterocycles. The molecule has 0 fully saturated rings. The molecule has 8 heteroatoms. The summed E-state index contributed by atoms with van der Waals surface area (Å²) in [4.78, 5) is 6.05.